The average molecular weight is 595 g/mol. The summed E-state index contributed by atoms with van der Waals surface area (Å²) in [5.41, 5.74) is 11.3. The molecule has 0 unspecified atom stereocenters. The Morgan fingerprint density at radius 2 is 0.578 bits per heavy atom. The molecule has 3 N–H and O–H groups in total. The molecule has 3 nitrogen and oxygen atoms in total. The molecule has 4 aromatic rings. The molecule has 0 amide bonds. The largest absolute Gasteiger partial charge is 0.508 e. The van der Waals surface area contributed by atoms with Crippen LogP contribution >= 0.6 is 0 Å². The lowest BCUT2D eigenvalue weighted by atomic mass is 9.84. The summed E-state index contributed by atoms with van der Waals surface area (Å²) >= 11 is 0. The molecular weight excluding hydrogens is 552 g/mol. The summed E-state index contributed by atoms with van der Waals surface area (Å²) in [6.07, 6.45) is 14.2. The van der Waals surface area contributed by atoms with Crippen LogP contribution in [0.25, 0.3) is 33.4 Å². The molecule has 45 heavy (non-hydrogen) atoms. The van der Waals surface area contributed by atoms with E-state index < -0.39 is 0 Å². The maximum Gasteiger partial charge on any atom is 0.119 e. The summed E-state index contributed by atoms with van der Waals surface area (Å²) in [6, 6.07) is 17.6. The van der Waals surface area contributed by atoms with Crippen molar-refractivity contribution in [3.05, 3.63) is 164 Å². The smallest absolute Gasteiger partial charge is 0.119 e. The monoisotopic (exact) mass is 594 g/mol. The number of phenolic OH excluding ortho intramolecular Hbond substituents is 3. The van der Waals surface area contributed by atoms with E-state index in [-0.39, 0.29) is 17.2 Å². The zero-order chi connectivity index (χ0) is 32.5. The fraction of sp³-hybridized carbons (Fsp3) is 0.143. The van der Waals surface area contributed by atoms with Gasteiger partial charge in [-0.1, -0.05) is 54.7 Å². The first-order valence-corrected chi connectivity index (χ1v) is 15.2. The summed E-state index contributed by atoms with van der Waals surface area (Å²) < 4.78 is 0. The molecule has 0 heterocycles. The standard InChI is InChI=1S/C42H42O3/c1-7-13-34-31(19-22-40(43)37(34)16-10-4)28-25-29(32-20-23-41(44)38(17-11-5)35(32)14-8-2)27-30(26-28)33-21-24-42(45)39(18-12-6)36(33)15-9-3/h7-12,19-27,43-45H,1-6,13-18H2. The van der Waals surface area contributed by atoms with Crippen molar-refractivity contribution in [2.75, 3.05) is 0 Å². The van der Waals surface area contributed by atoms with Crippen LogP contribution in [0.1, 0.15) is 33.4 Å². The molecule has 0 aliphatic rings. The Hall–Kier alpha value is -5.28. The Bertz CT molecular complexity index is 1570. The van der Waals surface area contributed by atoms with Crippen LogP contribution in [0.3, 0.4) is 0 Å². The lowest BCUT2D eigenvalue weighted by Gasteiger charge is -2.21. The molecule has 228 valence electrons. The Morgan fingerprint density at radius 1 is 0.356 bits per heavy atom. The van der Waals surface area contributed by atoms with Crippen LogP contribution in [0.2, 0.25) is 0 Å². The fourth-order valence-electron chi connectivity index (χ4n) is 6.20. The van der Waals surface area contributed by atoms with Gasteiger partial charge in [-0.15, -0.1) is 39.5 Å². The molecule has 4 rings (SSSR count). The predicted molar refractivity (Wildman–Crippen MR) is 191 cm³/mol. The summed E-state index contributed by atoms with van der Waals surface area (Å²) in [5.74, 6) is 0.691. The van der Waals surface area contributed by atoms with Crippen molar-refractivity contribution < 1.29 is 15.3 Å². The summed E-state index contributed by atoms with van der Waals surface area (Å²) in [7, 11) is 0. The molecular formula is C42H42O3. The maximum atomic E-state index is 10.8. The van der Waals surface area contributed by atoms with E-state index in [4.69, 9.17) is 0 Å². The van der Waals surface area contributed by atoms with Crippen LogP contribution < -0.4 is 0 Å². The number of hydrogen-bond donors (Lipinski definition) is 3. The molecule has 0 aromatic heterocycles. The minimum absolute atomic E-state index is 0.230. The second-order valence-corrected chi connectivity index (χ2v) is 11.0. The van der Waals surface area contributed by atoms with Crippen LogP contribution in [-0.4, -0.2) is 15.3 Å². The summed E-state index contributed by atoms with van der Waals surface area (Å²) in [6.45, 7) is 23.7. The van der Waals surface area contributed by atoms with E-state index in [1.807, 2.05) is 36.4 Å². The van der Waals surface area contributed by atoms with Gasteiger partial charge in [-0.3, -0.25) is 0 Å². The number of hydrogen-bond acceptors (Lipinski definition) is 3. The summed E-state index contributed by atoms with van der Waals surface area (Å²) in [5, 5.41) is 32.5. The topological polar surface area (TPSA) is 60.7 Å². The van der Waals surface area contributed by atoms with Crippen LogP contribution in [-0.2, 0) is 38.5 Å². The number of rotatable bonds is 15. The third-order valence-corrected chi connectivity index (χ3v) is 8.18. The first-order chi connectivity index (χ1) is 21.8. The van der Waals surface area contributed by atoms with Crippen LogP contribution in [0.4, 0.5) is 0 Å². The van der Waals surface area contributed by atoms with Gasteiger partial charge in [0.15, 0.2) is 0 Å². The average Bonchev–Trinajstić information content (AvgIpc) is 3.03. The SMILES string of the molecule is C=CCc1c(O)ccc(-c2cc(-c3ccc(O)c(CC=C)c3CC=C)cc(-c3ccc(O)c(CC=C)c3CC=C)c2)c1CC=C. The predicted octanol–water partition coefficient (Wildman–Crippen LogP) is 10.2. The molecule has 0 saturated carbocycles. The summed E-state index contributed by atoms with van der Waals surface area (Å²) in [4.78, 5) is 0. The highest BCUT2D eigenvalue weighted by Gasteiger charge is 2.20. The molecule has 0 spiro atoms. The van der Waals surface area contributed by atoms with E-state index in [1.165, 1.54) is 0 Å². The molecule has 3 heteroatoms. The van der Waals surface area contributed by atoms with Crippen molar-refractivity contribution >= 4 is 0 Å². The molecule has 4 aromatic carbocycles. The van der Waals surface area contributed by atoms with E-state index in [2.05, 4.69) is 57.7 Å². The molecule has 0 radical (unpaired) electrons. The van der Waals surface area contributed by atoms with E-state index in [0.29, 0.717) is 38.5 Å². The van der Waals surface area contributed by atoms with Crippen molar-refractivity contribution in [2.24, 2.45) is 0 Å². The van der Waals surface area contributed by atoms with Gasteiger partial charge in [0.2, 0.25) is 0 Å². The van der Waals surface area contributed by atoms with Gasteiger partial charge in [0, 0.05) is 16.7 Å². The molecule has 0 aliphatic heterocycles. The third-order valence-electron chi connectivity index (χ3n) is 8.18. The van der Waals surface area contributed by atoms with E-state index >= 15 is 0 Å². The van der Waals surface area contributed by atoms with Crippen molar-refractivity contribution in [2.45, 2.75) is 38.5 Å². The minimum Gasteiger partial charge on any atom is -0.508 e. The van der Waals surface area contributed by atoms with Crippen LogP contribution in [0.15, 0.2) is 131 Å². The molecule has 0 fully saturated rings. The Balaban J connectivity index is 2.15. The van der Waals surface area contributed by atoms with Gasteiger partial charge >= 0.3 is 0 Å². The molecule has 0 bridgehead atoms. The van der Waals surface area contributed by atoms with Gasteiger partial charge in [-0.2, -0.15) is 0 Å². The second kappa shape index (κ2) is 14.9. The number of aromatic hydroxyl groups is 3. The van der Waals surface area contributed by atoms with E-state index in [0.717, 1.165) is 66.8 Å². The van der Waals surface area contributed by atoms with Gasteiger partial charge in [-0.25, -0.2) is 0 Å². The highest BCUT2D eigenvalue weighted by molar-refractivity contribution is 5.86. The Morgan fingerprint density at radius 3 is 0.800 bits per heavy atom. The molecule has 0 saturated heterocycles. The third kappa shape index (κ3) is 6.78. The number of benzene rings is 4. The fourth-order valence-corrected chi connectivity index (χ4v) is 6.20. The minimum atomic E-state index is 0.230. The first-order valence-electron chi connectivity index (χ1n) is 15.2. The van der Waals surface area contributed by atoms with Gasteiger partial charge in [0.1, 0.15) is 17.2 Å². The highest BCUT2D eigenvalue weighted by atomic mass is 16.3. The lowest BCUT2D eigenvalue weighted by Crippen LogP contribution is -2.01. The van der Waals surface area contributed by atoms with Crippen molar-refractivity contribution in [1.82, 2.24) is 0 Å². The maximum absolute atomic E-state index is 10.8. The highest BCUT2D eigenvalue weighted by Crippen LogP contribution is 2.42. The van der Waals surface area contributed by atoms with Gasteiger partial charge in [0.05, 0.1) is 0 Å². The molecule has 0 aliphatic carbocycles. The zero-order valence-electron chi connectivity index (χ0n) is 26.0. The zero-order valence-corrected chi connectivity index (χ0v) is 26.0. The van der Waals surface area contributed by atoms with E-state index in [9.17, 15) is 15.3 Å². The van der Waals surface area contributed by atoms with Gasteiger partial charge < -0.3 is 15.3 Å². The van der Waals surface area contributed by atoms with Crippen molar-refractivity contribution in [1.29, 1.82) is 0 Å². The van der Waals surface area contributed by atoms with Crippen molar-refractivity contribution in [3.63, 3.8) is 0 Å². The Kier molecular flexibility index (Phi) is 10.8. The van der Waals surface area contributed by atoms with Crippen LogP contribution in [0, 0.1) is 0 Å². The molecule has 0 atom stereocenters. The van der Waals surface area contributed by atoms with E-state index in [1.54, 1.807) is 36.4 Å². The first kappa shape index (κ1) is 32.6. The number of allylic oxidation sites excluding steroid dienone is 6. The Labute approximate surface area is 267 Å². The van der Waals surface area contributed by atoms with Gasteiger partial charge in [-0.05, 0) is 125 Å². The van der Waals surface area contributed by atoms with Crippen molar-refractivity contribution in [3.8, 4) is 50.6 Å². The quantitative estimate of drug-likeness (QED) is 0.120. The van der Waals surface area contributed by atoms with Crippen LogP contribution in [0.5, 0.6) is 17.2 Å². The van der Waals surface area contributed by atoms with Gasteiger partial charge in [0.25, 0.3) is 0 Å². The second-order valence-electron chi connectivity index (χ2n) is 11.0. The number of phenols is 3. The lowest BCUT2D eigenvalue weighted by molar-refractivity contribution is 0.468. The normalized spacial score (nSPS) is 10.7.